The number of methoxy groups -OCH3 is 1. The molecular formula is C10H10N6O3. The number of nitrogen functional groups attached to an aromatic ring is 1. The van der Waals surface area contributed by atoms with Crippen LogP contribution < -0.4 is 11.5 Å². The number of aromatic nitrogens is 4. The molecule has 2 rings (SSSR count). The van der Waals surface area contributed by atoms with E-state index in [-0.39, 0.29) is 22.9 Å². The lowest BCUT2D eigenvalue weighted by Crippen LogP contribution is -2.14. The van der Waals surface area contributed by atoms with Crippen LogP contribution in [-0.4, -0.2) is 38.7 Å². The van der Waals surface area contributed by atoms with E-state index in [9.17, 15) is 9.59 Å². The standard InChI is InChI=1S/C10H10N6O3/c1-19-10(18)6-2-13-3-7(14-6)16-4-5(11)8(15-16)9(12)17/h2-4H,11H2,1H3,(H2,12,17). The first-order valence-electron chi connectivity index (χ1n) is 5.08. The number of amides is 1. The van der Waals surface area contributed by atoms with Gasteiger partial charge in [0, 0.05) is 0 Å². The van der Waals surface area contributed by atoms with Gasteiger partial charge in [-0.25, -0.2) is 14.5 Å². The summed E-state index contributed by atoms with van der Waals surface area (Å²) in [6, 6.07) is 0. The molecule has 0 fully saturated rings. The lowest BCUT2D eigenvalue weighted by atomic mass is 10.4. The summed E-state index contributed by atoms with van der Waals surface area (Å²) in [5.41, 5.74) is 10.7. The van der Waals surface area contributed by atoms with Crippen molar-refractivity contribution in [2.24, 2.45) is 5.73 Å². The van der Waals surface area contributed by atoms with Crippen molar-refractivity contribution in [1.29, 1.82) is 0 Å². The number of anilines is 1. The Balaban J connectivity index is 2.45. The van der Waals surface area contributed by atoms with Crippen LogP contribution in [0.3, 0.4) is 0 Å². The second-order valence-electron chi connectivity index (χ2n) is 3.50. The summed E-state index contributed by atoms with van der Waals surface area (Å²) in [7, 11) is 1.23. The number of hydrogen-bond acceptors (Lipinski definition) is 7. The van der Waals surface area contributed by atoms with E-state index in [1.807, 2.05) is 0 Å². The van der Waals surface area contributed by atoms with E-state index in [2.05, 4.69) is 19.8 Å². The van der Waals surface area contributed by atoms with Crippen molar-refractivity contribution in [1.82, 2.24) is 19.7 Å². The van der Waals surface area contributed by atoms with Gasteiger partial charge >= 0.3 is 5.97 Å². The molecule has 0 saturated heterocycles. The lowest BCUT2D eigenvalue weighted by molar-refractivity contribution is 0.0593. The molecule has 0 aliphatic carbocycles. The Bertz CT molecular complexity index is 650. The predicted molar refractivity (Wildman–Crippen MR) is 63.4 cm³/mol. The van der Waals surface area contributed by atoms with Crippen LogP contribution in [0.5, 0.6) is 0 Å². The molecule has 19 heavy (non-hydrogen) atoms. The maximum absolute atomic E-state index is 11.3. The molecule has 0 spiro atoms. The van der Waals surface area contributed by atoms with Crippen molar-refractivity contribution in [3.05, 3.63) is 30.0 Å². The highest BCUT2D eigenvalue weighted by atomic mass is 16.5. The molecule has 0 bridgehead atoms. The molecule has 0 radical (unpaired) electrons. The number of carbonyl (C=O) groups is 2. The number of ether oxygens (including phenoxy) is 1. The van der Waals surface area contributed by atoms with Gasteiger partial charge in [-0.1, -0.05) is 0 Å². The maximum Gasteiger partial charge on any atom is 0.358 e. The number of nitrogens with two attached hydrogens (primary N) is 2. The van der Waals surface area contributed by atoms with E-state index in [0.29, 0.717) is 0 Å². The van der Waals surface area contributed by atoms with Gasteiger partial charge in [0.2, 0.25) is 0 Å². The minimum absolute atomic E-state index is 0.00898. The molecule has 9 nitrogen and oxygen atoms in total. The third-order valence-electron chi connectivity index (χ3n) is 2.23. The Morgan fingerprint density at radius 1 is 1.37 bits per heavy atom. The zero-order valence-electron chi connectivity index (χ0n) is 9.90. The van der Waals surface area contributed by atoms with Crippen molar-refractivity contribution in [2.45, 2.75) is 0 Å². The summed E-state index contributed by atoms with van der Waals surface area (Å²) in [5.74, 6) is -1.18. The Morgan fingerprint density at radius 2 is 2.11 bits per heavy atom. The number of rotatable bonds is 3. The van der Waals surface area contributed by atoms with Gasteiger partial charge in [0.05, 0.1) is 31.4 Å². The number of esters is 1. The lowest BCUT2D eigenvalue weighted by Gasteiger charge is -2.01. The van der Waals surface area contributed by atoms with Crippen LogP contribution in [0.25, 0.3) is 5.82 Å². The molecular weight excluding hydrogens is 252 g/mol. The minimum Gasteiger partial charge on any atom is -0.464 e. The molecule has 0 saturated carbocycles. The number of carbonyl (C=O) groups excluding carboxylic acids is 2. The highest BCUT2D eigenvalue weighted by molar-refractivity contribution is 5.95. The first-order valence-corrected chi connectivity index (χ1v) is 5.08. The molecule has 0 aromatic carbocycles. The van der Waals surface area contributed by atoms with Crippen molar-refractivity contribution in [3.63, 3.8) is 0 Å². The third kappa shape index (κ3) is 2.34. The van der Waals surface area contributed by atoms with Crippen LogP contribution in [0.1, 0.15) is 21.0 Å². The fourth-order valence-corrected chi connectivity index (χ4v) is 1.37. The first kappa shape index (κ1) is 12.5. The van der Waals surface area contributed by atoms with Gasteiger partial charge in [-0.05, 0) is 0 Å². The Kier molecular flexibility index (Phi) is 3.10. The molecule has 2 aromatic heterocycles. The van der Waals surface area contributed by atoms with Gasteiger partial charge in [0.1, 0.15) is 0 Å². The minimum atomic E-state index is -0.756. The number of nitrogens with zero attached hydrogens (tertiary/aromatic N) is 4. The second kappa shape index (κ2) is 4.72. The van der Waals surface area contributed by atoms with Crippen molar-refractivity contribution < 1.29 is 14.3 Å². The fourth-order valence-electron chi connectivity index (χ4n) is 1.37. The molecule has 0 aliphatic heterocycles. The summed E-state index contributed by atoms with van der Waals surface area (Å²) < 4.78 is 5.73. The van der Waals surface area contributed by atoms with Crippen LogP contribution in [0, 0.1) is 0 Å². The summed E-state index contributed by atoms with van der Waals surface area (Å²) in [5, 5.41) is 3.87. The molecule has 0 unspecified atom stereocenters. The maximum atomic E-state index is 11.3. The highest BCUT2D eigenvalue weighted by Gasteiger charge is 2.14. The van der Waals surface area contributed by atoms with E-state index >= 15 is 0 Å². The fraction of sp³-hybridized carbons (Fsp3) is 0.100. The molecule has 2 aromatic rings. The molecule has 1 amide bonds. The van der Waals surface area contributed by atoms with Crippen LogP contribution in [-0.2, 0) is 4.74 Å². The molecule has 0 atom stereocenters. The Morgan fingerprint density at radius 3 is 2.68 bits per heavy atom. The normalized spacial score (nSPS) is 10.2. The number of primary amides is 1. The van der Waals surface area contributed by atoms with Gasteiger partial charge in [0.15, 0.2) is 17.2 Å². The van der Waals surface area contributed by atoms with E-state index in [0.717, 1.165) is 0 Å². The Labute approximate surface area is 107 Å². The van der Waals surface area contributed by atoms with Crippen molar-refractivity contribution >= 4 is 17.6 Å². The van der Waals surface area contributed by atoms with Crippen LogP contribution in [0.15, 0.2) is 18.6 Å². The summed E-state index contributed by atoms with van der Waals surface area (Å²) in [6.45, 7) is 0. The third-order valence-corrected chi connectivity index (χ3v) is 2.23. The average molecular weight is 262 g/mol. The molecule has 4 N–H and O–H groups in total. The van der Waals surface area contributed by atoms with E-state index < -0.39 is 11.9 Å². The second-order valence-corrected chi connectivity index (χ2v) is 3.50. The molecule has 2 heterocycles. The Hall–Kier alpha value is -2.97. The molecule has 9 heteroatoms. The summed E-state index contributed by atoms with van der Waals surface area (Å²) >= 11 is 0. The van der Waals surface area contributed by atoms with E-state index in [1.54, 1.807) is 0 Å². The molecule has 0 aliphatic rings. The zero-order valence-corrected chi connectivity index (χ0v) is 9.90. The number of hydrogen-bond donors (Lipinski definition) is 2. The van der Waals surface area contributed by atoms with Crippen LogP contribution in [0.4, 0.5) is 5.69 Å². The molecule has 98 valence electrons. The largest absolute Gasteiger partial charge is 0.464 e. The predicted octanol–water partition coefficient (Wildman–Crippen LogP) is -0.870. The van der Waals surface area contributed by atoms with E-state index in [4.69, 9.17) is 11.5 Å². The van der Waals surface area contributed by atoms with Crippen molar-refractivity contribution in [2.75, 3.05) is 12.8 Å². The van der Waals surface area contributed by atoms with Gasteiger partial charge in [0.25, 0.3) is 5.91 Å². The van der Waals surface area contributed by atoms with Crippen molar-refractivity contribution in [3.8, 4) is 5.82 Å². The van der Waals surface area contributed by atoms with E-state index in [1.165, 1.54) is 30.4 Å². The first-order chi connectivity index (χ1) is 9.02. The smallest absolute Gasteiger partial charge is 0.358 e. The van der Waals surface area contributed by atoms with Crippen LogP contribution in [0.2, 0.25) is 0 Å². The highest BCUT2D eigenvalue weighted by Crippen LogP contribution is 2.12. The van der Waals surface area contributed by atoms with Gasteiger partial charge < -0.3 is 16.2 Å². The van der Waals surface area contributed by atoms with Gasteiger partial charge in [-0.2, -0.15) is 5.10 Å². The summed E-state index contributed by atoms with van der Waals surface area (Å²) in [4.78, 5) is 30.2. The topological polar surface area (TPSA) is 139 Å². The van der Waals surface area contributed by atoms with Crippen LogP contribution >= 0.6 is 0 Å². The average Bonchev–Trinajstić information content (AvgIpc) is 2.80. The zero-order chi connectivity index (χ0) is 14.0. The SMILES string of the molecule is COC(=O)c1cncc(-n2cc(N)c(C(N)=O)n2)n1. The van der Waals surface area contributed by atoms with Gasteiger partial charge in [-0.3, -0.25) is 9.78 Å². The van der Waals surface area contributed by atoms with Gasteiger partial charge in [-0.15, -0.1) is 0 Å². The summed E-state index contributed by atoms with van der Waals surface area (Å²) in [6.07, 6.45) is 3.95. The monoisotopic (exact) mass is 262 g/mol. The quantitative estimate of drug-likeness (QED) is 0.685.